The van der Waals surface area contributed by atoms with E-state index in [1.807, 2.05) is 18.8 Å². The first-order chi connectivity index (χ1) is 9.90. The maximum Gasteiger partial charge on any atom is 0.0850 e. The smallest absolute Gasteiger partial charge is 0.0850 e. The maximum atomic E-state index is 6.50. The van der Waals surface area contributed by atoms with Crippen molar-refractivity contribution in [3.8, 4) is 0 Å². The summed E-state index contributed by atoms with van der Waals surface area (Å²) in [7, 11) is 4.01. The molecule has 0 aliphatic carbocycles. The molecule has 1 aromatic heterocycles. The van der Waals surface area contributed by atoms with Crippen LogP contribution in [-0.2, 0) is 24.6 Å². The molecule has 1 saturated heterocycles. The molecule has 2 rings (SSSR count). The van der Waals surface area contributed by atoms with Gasteiger partial charge >= 0.3 is 0 Å². The fraction of sp³-hybridized carbons (Fsp3) is 0.812. The second-order valence-electron chi connectivity index (χ2n) is 6.27. The number of ether oxygens (including phenoxy) is 1. The van der Waals surface area contributed by atoms with Crippen LogP contribution in [0.25, 0.3) is 0 Å². The summed E-state index contributed by atoms with van der Waals surface area (Å²) < 4.78 is 7.93. The Morgan fingerprint density at radius 2 is 2.00 bits per heavy atom. The number of halogens is 1. The molecule has 1 aliphatic heterocycles. The van der Waals surface area contributed by atoms with E-state index in [2.05, 4.69) is 38.1 Å². The summed E-state index contributed by atoms with van der Waals surface area (Å²) in [4.78, 5) is 0. The molecule has 0 saturated carbocycles. The zero-order valence-corrected chi connectivity index (χ0v) is 14.7. The van der Waals surface area contributed by atoms with Gasteiger partial charge in [0, 0.05) is 25.4 Å². The maximum absolute atomic E-state index is 6.50. The lowest BCUT2D eigenvalue weighted by Gasteiger charge is -2.29. The van der Waals surface area contributed by atoms with Crippen molar-refractivity contribution < 1.29 is 4.74 Å². The second kappa shape index (κ2) is 6.67. The van der Waals surface area contributed by atoms with E-state index in [0.29, 0.717) is 24.0 Å². The highest BCUT2D eigenvalue weighted by Gasteiger charge is 2.41. The van der Waals surface area contributed by atoms with Crippen molar-refractivity contribution in [2.24, 2.45) is 18.9 Å². The summed E-state index contributed by atoms with van der Waals surface area (Å²) in [6.07, 6.45) is 2.33. The Labute approximate surface area is 133 Å². The van der Waals surface area contributed by atoms with Gasteiger partial charge in [0.05, 0.1) is 28.6 Å². The van der Waals surface area contributed by atoms with E-state index in [4.69, 9.17) is 16.3 Å². The van der Waals surface area contributed by atoms with Gasteiger partial charge in [0.1, 0.15) is 0 Å². The van der Waals surface area contributed by atoms with Gasteiger partial charge in [-0.2, -0.15) is 5.10 Å². The molecule has 4 nitrogen and oxygen atoms in total. The number of nitrogens with one attached hydrogen (secondary N) is 1. The average Bonchev–Trinajstić information content (AvgIpc) is 2.86. The number of rotatable bonds is 5. The van der Waals surface area contributed by atoms with E-state index in [0.717, 1.165) is 29.3 Å². The first-order valence-corrected chi connectivity index (χ1v) is 8.31. The van der Waals surface area contributed by atoms with Crippen molar-refractivity contribution in [3.05, 3.63) is 16.4 Å². The molecule has 5 heteroatoms. The van der Waals surface area contributed by atoms with Gasteiger partial charge in [-0.25, -0.2) is 0 Å². The quantitative estimate of drug-likeness (QED) is 0.908. The molecule has 2 heterocycles. The second-order valence-corrected chi connectivity index (χ2v) is 6.64. The Morgan fingerprint density at radius 3 is 2.43 bits per heavy atom. The van der Waals surface area contributed by atoms with Crippen molar-refractivity contribution in [2.45, 2.75) is 58.8 Å². The lowest BCUT2D eigenvalue weighted by atomic mass is 9.81. The van der Waals surface area contributed by atoms with Crippen LogP contribution in [0, 0.1) is 11.8 Å². The summed E-state index contributed by atoms with van der Waals surface area (Å²) in [5.41, 5.74) is 2.10. The molecule has 0 bridgehead atoms. The largest absolute Gasteiger partial charge is 0.375 e. The predicted molar refractivity (Wildman–Crippen MR) is 86.8 cm³/mol. The Morgan fingerprint density at radius 1 is 1.33 bits per heavy atom. The van der Waals surface area contributed by atoms with E-state index >= 15 is 0 Å². The van der Waals surface area contributed by atoms with Gasteiger partial charge in [-0.15, -0.1) is 0 Å². The zero-order valence-electron chi connectivity index (χ0n) is 14.0. The van der Waals surface area contributed by atoms with Crippen molar-refractivity contribution in [1.29, 1.82) is 0 Å². The molecule has 1 aromatic rings. The fourth-order valence-corrected chi connectivity index (χ4v) is 4.04. The van der Waals surface area contributed by atoms with Crippen LogP contribution in [0.5, 0.6) is 0 Å². The van der Waals surface area contributed by atoms with Crippen molar-refractivity contribution in [1.82, 2.24) is 15.1 Å². The van der Waals surface area contributed by atoms with Crippen LogP contribution in [-0.4, -0.2) is 35.1 Å². The fourth-order valence-electron chi connectivity index (χ4n) is 3.67. The summed E-state index contributed by atoms with van der Waals surface area (Å²) in [6, 6.07) is 0.345. The Kier molecular flexibility index (Phi) is 5.33. The SMILES string of the molecule is CCc1nn(C)c(CC(NC)C2C(C)OC(C)C2C)c1Cl. The van der Waals surface area contributed by atoms with Crippen LogP contribution in [0.2, 0.25) is 5.02 Å². The first kappa shape index (κ1) is 16.8. The lowest BCUT2D eigenvalue weighted by molar-refractivity contribution is 0.0478. The van der Waals surface area contributed by atoms with Crippen LogP contribution >= 0.6 is 11.6 Å². The van der Waals surface area contributed by atoms with Gasteiger partial charge in [0.2, 0.25) is 0 Å². The number of aryl methyl sites for hydroxylation is 2. The number of aromatic nitrogens is 2. The van der Waals surface area contributed by atoms with E-state index in [9.17, 15) is 0 Å². The third kappa shape index (κ3) is 3.13. The van der Waals surface area contributed by atoms with Crippen molar-refractivity contribution in [3.63, 3.8) is 0 Å². The number of hydrogen-bond donors (Lipinski definition) is 1. The van der Waals surface area contributed by atoms with Gasteiger partial charge in [-0.05, 0) is 33.2 Å². The number of hydrogen-bond acceptors (Lipinski definition) is 3. The van der Waals surface area contributed by atoms with Crippen LogP contribution in [0.3, 0.4) is 0 Å². The van der Waals surface area contributed by atoms with Gasteiger partial charge in [-0.3, -0.25) is 4.68 Å². The van der Waals surface area contributed by atoms with Gasteiger partial charge in [0.25, 0.3) is 0 Å². The van der Waals surface area contributed by atoms with E-state index in [-0.39, 0.29) is 6.10 Å². The molecule has 1 fully saturated rings. The third-order valence-corrected chi connectivity index (χ3v) is 5.51. The molecular formula is C16H28ClN3O. The van der Waals surface area contributed by atoms with Crippen LogP contribution < -0.4 is 5.32 Å². The van der Waals surface area contributed by atoms with E-state index < -0.39 is 0 Å². The van der Waals surface area contributed by atoms with Crippen LogP contribution in [0.15, 0.2) is 0 Å². The molecular weight excluding hydrogens is 286 g/mol. The molecule has 5 unspecified atom stereocenters. The van der Waals surface area contributed by atoms with Crippen LogP contribution in [0.4, 0.5) is 0 Å². The van der Waals surface area contributed by atoms with Gasteiger partial charge < -0.3 is 10.1 Å². The molecule has 1 N–H and O–H groups in total. The average molecular weight is 314 g/mol. The number of likely N-dealkylation sites (N-methyl/N-ethyl adjacent to an activating group) is 1. The first-order valence-electron chi connectivity index (χ1n) is 7.93. The zero-order chi connectivity index (χ0) is 15.7. The molecule has 21 heavy (non-hydrogen) atoms. The molecule has 0 amide bonds. The third-order valence-electron chi connectivity index (χ3n) is 5.07. The normalized spacial score (nSPS) is 30.8. The Balaban J connectivity index is 2.22. The highest BCUT2D eigenvalue weighted by Crippen LogP contribution is 2.36. The highest BCUT2D eigenvalue weighted by atomic mass is 35.5. The Hall–Kier alpha value is -0.580. The highest BCUT2D eigenvalue weighted by molar-refractivity contribution is 6.31. The van der Waals surface area contributed by atoms with E-state index in [1.165, 1.54) is 0 Å². The molecule has 0 spiro atoms. The summed E-state index contributed by atoms with van der Waals surface area (Å²) in [5.74, 6) is 1.02. The van der Waals surface area contributed by atoms with Crippen molar-refractivity contribution in [2.75, 3.05) is 7.05 Å². The molecule has 0 aromatic carbocycles. The minimum Gasteiger partial charge on any atom is -0.375 e. The number of nitrogens with zero attached hydrogens (tertiary/aromatic N) is 2. The molecule has 0 radical (unpaired) electrons. The molecule has 1 aliphatic rings. The monoisotopic (exact) mass is 313 g/mol. The van der Waals surface area contributed by atoms with E-state index in [1.54, 1.807) is 0 Å². The lowest BCUT2D eigenvalue weighted by Crippen LogP contribution is -2.42. The molecule has 5 atom stereocenters. The standard InChI is InChI=1S/C16H28ClN3O/c1-7-12-16(17)14(20(6)19-12)8-13(18-5)15-9(2)10(3)21-11(15)4/h9-11,13,15,18H,7-8H2,1-6H3. The van der Waals surface area contributed by atoms with Crippen molar-refractivity contribution >= 4 is 11.6 Å². The topological polar surface area (TPSA) is 39.1 Å². The summed E-state index contributed by atoms with van der Waals surface area (Å²) in [5, 5.41) is 8.82. The van der Waals surface area contributed by atoms with Gasteiger partial charge in [0.15, 0.2) is 0 Å². The van der Waals surface area contributed by atoms with Crippen LogP contribution in [0.1, 0.15) is 39.1 Å². The summed E-state index contributed by atoms with van der Waals surface area (Å²) in [6.45, 7) is 8.72. The minimum absolute atomic E-state index is 0.269. The minimum atomic E-state index is 0.269. The van der Waals surface area contributed by atoms with Gasteiger partial charge in [-0.1, -0.05) is 25.4 Å². The molecule has 120 valence electrons. The summed E-state index contributed by atoms with van der Waals surface area (Å²) >= 11 is 6.50. The predicted octanol–water partition coefficient (Wildman–Crippen LogP) is 2.83. The Bertz CT molecular complexity index is 488.